The Morgan fingerprint density at radius 2 is 1.19 bits per heavy atom. The van der Waals surface area contributed by atoms with E-state index in [2.05, 4.69) is 0 Å². The highest BCUT2D eigenvalue weighted by Gasteiger charge is 2.05. The largest absolute Gasteiger partial charge is 0.411 e. The topological polar surface area (TPSA) is 3.24 Å². The van der Waals surface area contributed by atoms with Crippen LogP contribution < -0.4 is 4.90 Å². The zero-order valence-corrected chi connectivity index (χ0v) is 10.2. The number of hydrogen-bond acceptors (Lipinski definition) is 2. The fourth-order valence-corrected chi connectivity index (χ4v) is 1.94. The van der Waals surface area contributed by atoms with Gasteiger partial charge in [-0.15, -0.1) is 0 Å². The zero-order valence-electron chi connectivity index (χ0n) is 8.54. The minimum absolute atomic E-state index is 0.428. The van der Waals surface area contributed by atoms with Crippen molar-refractivity contribution < 1.29 is 0 Å². The van der Waals surface area contributed by atoms with Crippen molar-refractivity contribution in [3.05, 3.63) is 60.7 Å². The summed E-state index contributed by atoms with van der Waals surface area (Å²) in [6, 6.07) is 19.8. The molecule has 16 heavy (non-hydrogen) atoms. The van der Waals surface area contributed by atoms with Crippen LogP contribution in [0.1, 0.15) is 0 Å². The number of benzene rings is 2. The van der Waals surface area contributed by atoms with Crippen LogP contribution in [0.4, 0.5) is 11.4 Å². The maximum absolute atomic E-state index is 5.12. The van der Waals surface area contributed by atoms with E-state index in [0.717, 1.165) is 11.4 Å². The lowest BCUT2D eigenvalue weighted by Gasteiger charge is -2.28. The van der Waals surface area contributed by atoms with Gasteiger partial charge in [0.05, 0.1) is 0 Å². The van der Waals surface area contributed by atoms with E-state index in [1.165, 1.54) is 0 Å². The number of rotatable bonds is 2. The smallest absolute Gasteiger partial charge is 0.0444 e. The molecule has 2 aromatic rings. The summed E-state index contributed by atoms with van der Waals surface area (Å²) in [7, 11) is 0. The molecular weight excluding hydrogens is 234 g/mol. The first-order chi connectivity index (χ1) is 7.79. The molecule has 0 saturated carbocycles. The molecule has 0 atom stereocenters. The Balaban J connectivity index is 2.44. The van der Waals surface area contributed by atoms with Crippen molar-refractivity contribution in [1.82, 2.24) is 0 Å². The van der Waals surface area contributed by atoms with Crippen LogP contribution in [0.25, 0.3) is 0 Å². The number of nitrogens with zero attached hydrogens (tertiary/aromatic N) is 1. The van der Waals surface area contributed by atoms with Gasteiger partial charge in [-0.25, -0.2) is 0 Å². The van der Waals surface area contributed by atoms with Crippen molar-refractivity contribution >= 4 is 40.5 Å². The van der Waals surface area contributed by atoms with Gasteiger partial charge in [-0.3, -0.25) is 0 Å². The molecule has 2 aromatic carbocycles. The molecule has 0 radical (unpaired) electrons. The van der Waals surface area contributed by atoms with Crippen molar-refractivity contribution in [3.8, 4) is 0 Å². The Hall–Kier alpha value is -1.45. The standard InChI is InChI=1S/C13H11NS2/c15-13(16)14(11-7-3-1-4-8-11)12-9-5-2-6-10-12/h1-10H,(H,15,16)/p-1. The van der Waals surface area contributed by atoms with Gasteiger partial charge in [0.25, 0.3) is 0 Å². The molecule has 80 valence electrons. The summed E-state index contributed by atoms with van der Waals surface area (Å²) >= 11 is 10.2. The van der Waals surface area contributed by atoms with E-state index >= 15 is 0 Å². The van der Waals surface area contributed by atoms with Crippen molar-refractivity contribution in [2.24, 2.45) is 0 Å². The van der Waals surface area contributed by atoms with E-state index in [1.807, 2.05) is 65.6 Å². The lowest BCUT2D eigenvalue weighted by Crippen LogP contribution is -2.21. The fraction of sp³-hybridized carbons (Fsp3) is 0. The summed E-state index contributed by atoms with van der Waals surface area (Å²) in [6.07, 6.45) is 0. The third kappa shape index (κ3) is 2.38. The monoisotopic (exact) mass is 244 g/mol. The van der Waals surface area contributed by atoms with Crippen molar-refractivity contribution in [2.75, 3.05) is 4.90 Å². The van der Waals surface area contributed by atoms with Crippen LogP contribution in [0.5, 0.6) is 0 Å². The van der Waals surface area contributed by atoms with E-state index in [0.29, 0.717) is 4.32 Å². The van der Waals surface area contributed by atoms with Gasteiger partial charge in [0.1, 0.15) is 0 Å². The third-order valence-electron chi connectivity index (χ3n) is 2.21. The Kier molecular flexibility index (Phi) is 3.49. The van der Waals surface area contributed by atoms with E-state index in [9.17, 15) is 0 Å². The Bertz CT molecular complexity index is 428. The molecule has 0 bridgehead atoms. The first-order valence-corrected chi connectivity index (χ1v) is 5.72. The van der Waals surface area contributed by atoms with Crippen LogP contribution in [0, 0.1) is 0 Å². The summed E-state index contributed by atoms with van der Waals surface area (Å²) in [5, 5.41) is 0. The minimum Gasteiger partial charge on any atom is -0.411 e. The minimum atomic E-state index is 0.428. The quantitative estimate of drug-likeness (QED) is 0.586. The normalized spacial score (nSPS) is 9.75. The highest BCUT2D eigenvalue weighted by molar-refractivity contribution is 8.00. The summed E-state index contributed by atoms with van der Waals surface area (Å²) in [4.78, 5) is 1.88. The number of thiocarbonyl (C=S) groups is 1. The third-order valence-corrected chi connectivity index (χ3v) is 2.58. The molecule has 0 fully saturated rings. The molecule has 2 rings (SSSR count). The number of anilines is 2. The van der Waals surface area contributed by atoms with E-state index in [-0.39, 0.29) is 0 Å². The van der Waals surface area contributed by atoms with Crippen molar-refractivity contribution in [2.45, 2.75) is 0 Å². The predicted molar refractivity (Wildman–Crippen MR) is 75.0 cm³/mol. The fourth-order valence-electron chi connectivity index (χ4n) is 1.51. The molecule has 0 aliphatic heterocycles. The second-order valence-electron chi connectivity index (χ2n) is 3.27. The first-order valence-electron chi connectivity index (χ1n) is 4.90. The van der Waals surface area contributed by atoms with Crippen molar-refractivity contribution in [3.63, 3.8) is 0 Å². The lowest BCUT2D eigenvalue weighted by atomic mass is 10.2. The maximum Gasteiger partial charge on any atom is 0.0444 e. The highest BCUT2D eigenvalue weighted by atomic mass is 32.1. The van der Waals surface area contributed by atoms with Gasteiger partial charge < -0.3 is 29.7 Å². The number of para-hydroxylation sites is 2. The van der Waals surface area contributed by atoms with Gasteiger partial charge in [-0.2, -0.15) is 0 Å². The molecule has 0 N–H and O–H groups in total. The molecule has 0 heterocycles. The summed E-state index contributed by atoms with van der Waals surface area (Å²) in [6.45, 7) is 0. The average molecular weight is 244 g/mol. The second-order valence-corrected chi connectivity index (χ2v) is 4.30. The zero-order chi connectivity index (χ0) is 11.4. The van der Waals surface area contributed by atoms with Crippen molar-refractivity contribution in [1.29, 1.82) is 0 Å². The summed E-state index contributed by atoms with van der Waals surface area (Å²) in [5.41, 5.74) is 1.99. The van der Waals surface area contributed by atoms with Crippen LogP contribution in [0.15, 0.2) is 60.7 Å². The Labute approximate surface area is 106 Å². The summed E-state index contributed by atoms with van der Waals surface area (Å²) in [5.74, 6) is 0. The SMILES string of the molecule is S=C([S-])N(c1ccccc1)c1ccccc1. The lowest BCUT2D eigenvalue weighted by molar-refractivity contribution is 1.39. The van der Waals surface area contributed by atoms with Gasteiger partial charge in [0, 0.05) is 11.4 Å². The Morgan fingerprint density at radius 3 is 1.50 bits per heavy atom. The van der Waals surface area contributed by atoms with Gasteiger partial charge in [0.15, 0.2) is 0 Å². The first kappa shape index (κ1) is 11.0. The molecule has 0 aromatic heterocycles. The van der Waals surface area contributed by atoms with Crippen LogP contribution >= 0.6 is 12.2 Å². The highest BCUT2D eigenvalue weighted by Crippen LogP contribution is 2.24. The molecule has 0 aliphatic carbocycles. The van der Waals surface area contributed by atoms with E-state index in [1.54, 1.807) is 0 Å². The molecule has 0 amide bonds. The van der Waals surface area contributed by atoms with Crippen LogP contribution in [0.3, 0.4) is 0 Å². The van der Waals surface area contributed by atoms with Gasteiger partial charge in [-0.1, -0.05) is 40.7 Å². The maximum atomic E-state index is 5.12. The second kappa shape index (κ2) is 5.05. The van der Waals surface area contributed by atoms with Gasteiger partial charge in [0.2, 0.25) is 0 Å². The van der Waals surface area contributed by atoms with E-state index in [4.69, 9.17) is 24.8 Å². The van der Waals surface area contributed by atoms with Crippen LogP contribution in [0.2, 0.25) is 0 Å². The molecule has 0 aliphatic rings. The average Bonchev–Trinajstić information content (AvgIpc) is 2.31. The van der Waals surface area contributed by atoms with Crippen LogP contribution in [-0.4, -0.2) is 4.32 Å². The molecule has 1 nitrogen and oxygen atoms in total. The summed E-state index contributed by atoms with van der Waals surface area (Å²) < 4.78 is 0.428. The van der Waals surface area contributed by atoms with E-state index < -0.39 is 0 Å². The Morgan fingerprint density at radius 1 is 0.812 bits per heavy atom. The molecule has 0 spiro atoms. The number of hydrogen-bond donors (Lipinski definition) is 0. The van der Waals surface area contributed by atoms with Crippen LogP contribution in [-0.2, 0) is 12.6 Å². The predicted octanol–water partition coefficient (Wildman–Crippen LogP) is 3.66. The van der Waals surface area contributed by atoms with Gasteiger partial charge in [-0.05, 0) is 24.3 Å². The molecular formula is C13H10NS2-. The van der Waals surface area contributed by atoms with Gasteiger partial charge >= 0.3 is 0 Å². The molecule has 3 heteroatoms. The molecule has 0 unspecified atom stereocenters. The molecule has 0 saturated heterocycles.